The van der Waals surface area contributed by atoms with E-state index in [1.807, 2.05) is 85.8 Å². The number of para-hydroxylation sites is 1. The van der Waals surface area contributed by atoms with Crippen LogP contribution < -0.4 is 5.43 Å². The van der Waals surface area contributed by atoms with Crippen molar-refractivity contribution in [2.75, 3.05) is 0 Å². The molecule has 0 spiro atoms. The molecule has 3 aromatic carbocycles. The smallest absolute Gasteiger partial charge is 0.207 e. The molecular formula is C22H16O2S. The number of rotatable bonds is 3. The van der Waals surface area contributed by atoms with Crippen LogP contribution in [0, 0.1) is 6.92 Å². The van der Waals surface area contributed by atoms with Crippen molar-refractivity contribution in [1.29, 1.82) is 0 Å². The summed E-state index contributed by atoms with van der Waals surface area (Å²) in [4.78, 5) is 14.8. The highest BCUT2D eigenvalue weighted by Gasteiger charge is 2.18. The highest BCUT2D eigenvalue weighted by atomic mass is 32.2. The Hall–Kier alpha value is -2.78. The Labute approximate surface area is 150 Å². The second-order valence-corrected chi connectivity index (χ2v) is 6.91. The molecular weight excluding hydrogens is 328 g/mol. The molecule has 0 atom stereocenters. The lowest BCUT2D eigenvalue weighted by molar-refractivity contribution is 0.602. The van der Waals surface area contributed by atoms with Crippen molar-refractivity contribution in [2.45, 2.75) is 16.7 Å². The zero-order chi connectivity index (χ0) is 17.2. The van der Waals surface area contributed by atoms with Gasteiger partial charge in [-0.1, -0.05) is 72.4 Å². The summed E-state index contributed by atoms with van der Waals surface area (Å²) in [6.07, 6.45) is 0. The van der Waals surface area contributed by atoms with Gasteiger partial charge in [-0.3, -0.25) is 4.79 Å². The summed E-state index contributed by atoms with van der Waals surface area (Å²) in [6, 6.07) is 25.4. The molecule has 0 aliphatic heterocycles. The second kappa shape index (κ2) is 6.61. The maximum atomic E-state index is 13.2. The Kier molecular flexibility index (Phi) is 4.16. The molecule has 3 heteroatoms. The fourth-order valence-corrected chi connectivity index (χ4v) is 3.80. The van der Waals surface area contributed by atoms with Gasteiger partial charge >= 0.3 is 0 Å². The summed E-state index contributed by atoms with van der Waals surface area (Å²) in [5.41, 5.74) is 2.53. The van der Waals surface area contributed by atoms with Gasteiger partial charge in [0.2, 0.25) is 5.43 Å². The first kappa shape index (κ1) is 15.7. The first-order valence-electron chi connectivity index (χ1n) is 8.09. The molecule has 1 heterocycles. The summed E-state index contributed by atoms with van der Waals surface area (Å²) in [5.74, 6) is 0.626. The van der Waals surface area contributed by atoms with Crippen LogP contribution in [0.5, 0.6) is 0 Å². The molecule has 0 bridgehead atoms. The van der Waals surface area contributed by atoms with Gasteiger partial charge < -0.3 is 4.42 Å². The van der Waals surface area contributed by atoms with Gasteiger partial charge in [-0.2, -0.15) is 0 Å². The van der Waals surface area contributed by atoms with E-state index in [1.54, 1.807) is 0 Å². The molecule has 1 aromatic heterocycles. The van der Waals surface area contributed by atoms with Crippen molar-refractivity contribution in [2.24, 2.45) is 0 Å². The van der Waals surface area contributed by atoms with Crippen LogP contribution in [0.1, 0.15) is 5.56 Å². The normalized spacial score (nSPS) is 10.9. The standard InChI is InChI=1S/C22H16O2S/c1-15-9-8-14-18-19(23)22(25-17-12-6-3-7-13-17)21(24-20(15)18)16-10-4-2-5-11-16/h2-14H,1H3. The van der Waals surface area contributed by atoms with Gasteiger partial charge in [0.25, 0.3) is 0 Å². The first-order chi connectivity index (χ1) is 12.2. The van der Waals surface area contributed by atoms with Crippen LogP contribution in [-0.2, 0) is 0 Å². The lowest BCUT2D eigenvalue weighted by atomic mass is 10.1. The number of benzene rings is 3. The third kappa shape index (κ3) is 2.99. The molecule has 4 rings (SSSR count). The second-order valence-electron chi connectivity index (χ2n) is 5.82. The topological polar surface area (TPSA) is 30.2 Å². The van der Waals surface area contributed by atoms with Crippen molar-refractivity contribution in [3.63, 3.8) is 0 Å². The molecule has 2 nitrogen and oxygen atoms in total. The van der Waals surface area contributed by atoms with Gasteiger partial charge in [0, 0.05) is 10.5 Å². The first-order valence-corrected chi connectivity index (χ1v) is 8.90. The molecule has 0 fully saturated rings. The van der Waals surface area contributed by atoms with Gasteiger partial charge in [0.1, 0.15) is 10.5 Å². The summed E-state index contributed by atoms with van der Waals surface area (Å²) >= 11 is 1.45. The maximum Gasteiger partial charge on any atom is 0.207 e. The number of fused-ring (bicyclic) bond motifs is 1. The molecule has 4 aromatic rings. The highest BCUT2D eigenvalue weighted by Crippen LogP contribution is 2.36. The fraction of sp³-hybridized carbons (Fsp3) is 0.0455. The molecule has 0 aliphatic rings. The minimum atomic E-state index is 0.0117. The van der Waals surface area contributed by atoms with Gasteiger partial charge in [0.05, 0.1) is 5.39 Å². The van der Waals surface area contributed by atoms with E-state index in [4.69, 9.17) is 4.42 Å². The quantitative estimate of drug-likeness (QED) is 0.462. The van der Waals surface area contributed by atoms with Crippen molar-refractivity contribution in [3.05, 3.63) is 94.6 Å². The van der Waals surface area contributed by atoms with Crippen LogP contribution in [0.3, 0.4) is 0 Å². The number of hydrogen-bond donors (Lipinski definition) is 0. The molecule has 0 saturated heterocycles. The lowest BCUT2D eigenvalue weighted by Crippen LogP contribution is -2.07. The lowest BCUT2D eigenvalue weighted by Gasteiger charge is -2.11. The Bertz CT molecular complexity index is 1080. The van der Waals surface area contributed by atoms with Crippen molar-refractivity contribution in [3.8, 4) is 11.3 Å². The Morgan fingerprint density at radius 2 is 1.48 bits per heavy atom. The van der Waals surface area contributed by atoms with E-state index in [0.717, 1.165) is 16.0 Å². The van der Waals surface area contributed by atoms with Crippen molar-refractivity contribution in [1.82, 2.24) is 0 Å². The largest absolute Gasteiger partial charge is 0.454 e. The molecule has 0 amide bonds. The van der Waals surface area contributed by atoms with E-state index in [9.17, 15) is 4.79 Å². The third-order valence-electron chi connectivity index (χ3n) is 4.07. The third-order valence-corrected chi connectivity index (χ3v) is 5.15. The van der Waals surface area contributed by atoms with E-state index in [0.29, 0.717) is 21.6 Å². The fourth-order valence-electron chi connectivity index (χ4n) is 2.82. The molecule has 0 saturated carbocycles. The molecule has 25 heavy (non-hydrogen) atoms. The molecule has 0 radical (unpaired) electrons. The van der Waals surface area contributed by atoms with Crippen LogP contribution in [0.2, 0.25) is 0 Å². The van der Waals surface area contributed by atoms with Crippen molar-refractivity contribution >= 4 is 22.7 Å². The minimum absolute atomic E-state index is 0.0117. The van der Waals surface area contributed by atoms with E-state index in [1.165, 1.54) is 11.8 Å². The van der Waals surface area contributed by atoms with E-state index in [2.05, 4.69) is 0 Å². The predicted molar refractivity (Wildman–Crippen MR) is 103 cm³/mol. The van der Waals surface area contributed by atoms with E-state index >= 15 is 0 Å². The number of aryl methyl sites for hydroxylation is 1. The van der Waals surface area contributed by atoms with Crippen LogP contribution in [0.25, 0.3) is 22.3 Å². The van der Waals surface area contributed by atoms with Gasteiger partial charge in [-0.05, 0) is 30.7 Å². The van der Waals surface area contributed by atoms with E-state index in [-0.39, 0.29) is 5.43 Å². The van der Waals surface area contributed by atoms with Gasteiger partial charge in [-0.15, -0.1) is 0 Å². The summed E-state index contributed by atoms with van der Waals surface area (Å²) < 4.78 is 6.24. The zero-order valence-electron chi connectivity index (χ0n) is 13.7. The molecule has 0 N–H and O–H groups in total. The van der Waals surface area contributed by atoms with Crippen LogP contribution in [0.15, 0.2) is 97.9 Å². The van der Waals surface area contributed by atoms with Crippen LogP contribution in [-0.4, -0.2) is 0 Å². The summed E-state index contributed by atoms with van der Waals surface area (Å²) in [6.45, 7) is 1.96. The van der Waals surface area contributed by atoms with Crippen LogP contribution >= 0.6 is 11.8 Å². The van der Waals surface area contributed by atoms with Crippen LogP contribution in [0.4, 0.5) is 0 Å². The Balaban J connectivity index is 2.01. The summed E-state index contributed by atoms with van der Waals surface area (Å²) in [7, 11) is 0. The average Bonchev–Trinajstić information content (AvgIpc) is 2.66. The number of hydrogen-bond acceptors (Lipinski definition) is 3. The maximum absolute atomic E-state index is 13.2. The monoisotopic (exact) mass is 344 g/mol. The Morgan fingerprint density at radius 3 is 2.20 bits per heavy atom. The molecule has 0 unspecified atom stereocenters. The summed E-state index contributed by atoms with van der Waals surface area (Å²) in [5, 5.41) is 0.623. The van der Waals surface area contributed by atoms with E-state index < -0.39 is 0 Å². The predicted octanol–water partition coefficient (Wildman–Crippen LogP) is 5.92. The SMILES string of the molecule is Cc1cccc2c(=O)c(Sc3ccccc3)c(-c3ccccc3)oc12. The van der Waals surface area contributed by atoms with Crippen molar-refractivity contribution < 1.29 is 4.42 Å². The van der Waals surface area contributed by atoms with Gasteiger partial charge in [-0.25, -0.2) is 0 Å². The molecule has 122 valence electrons. The zero-order valence-corrected chi connectivity index (χ0v) is 14.5. The minimum Gasteiger partial charge on any atom is -0.454 e. The van der Waals surface area contributed by atoms with Gasteiger partial charge in [0.15, 0.2) is 5.76 Å². The Morgan fingerprint density at radius 1 is 0.800 bits per heavy atom. The highest BCUT2D eigenvalue weighted by molar-refractivity contribution is 7.99. The average molecular weight is 344 g/mol. The molecule has 0 aliphatic carbocycles.